The van der Waals surface area contributed by atoms with E-state index in [1.165, 1.54) is 13.3 Å². The Balaban J connectivity index is 2.44. The first kappa shape index (κ1) is 11.7. The zero-order chi connectivity index (χ0) is 11.3. The van der Waals surface area contributed by atoms with E-state index in [2.05, 4.69) is 20.6 Å². The van der Waals surface area contributed by atoms with Crippen LogP contribution in [0.5, 0.6) is 0 Å². The van der Waals surface area contributed by atoms with Crippen molar-refractivity contribution in [2.75, 3.05) is 18.4 Å². The number of carbonyl (C=O) groups is 1. The van der Waals surface area contributed by atoms with Gasteiger partial charge in [0.05, 0.1) is 0 Å². The monoisotopic (exact) mass is 228 g/mol. The molecule has 1 aromatic rings. The molecule has 0 aliphatic rings. The Morgan fingerprint density at radius 2 is 2.20 bits per heavy atom. The summed E-state index contributed by atoms with van der Waals surface area (Å²) in [5, 5.41) is 6.17. The van der Waals surface area contributed by atoms with Crippen LogP contribution in [0.3, 0.4) is 0 Å². The highest BCUT2D eigenvalue weighted by Gasteiger charge is 2.03. The standard InChI is InChI=1S/C9H13ClN4O/c1-6-8(10)13-5-14-9(6)12-4-3-11-7(2)15/h5H,3-4H2,1-2H3,(H,11,15)(H,12,13,14). The van der Waals surface area contributed by atoms with Crippen LogP contribution in [0.15, 0.2) is 6.33 Å². The molecule has 0 spiro atoms. The van der Waals surface area contributed by atoms with Crippen molar-refractivity contribution >= 4 is 23.3 Å². The molecule has 5 nitrogen and oxygen atoms in total. The predicted molar refractivity (Wildman–Crippen MR) is 59.0 cm³/mol. The van der Waals surface area contributed by atoms with Crippen LogP contribution in [-0.4, -0.2) is 29.0 Å². The lowest BCUT2D eigenvalue weighted by molar-refractivity contribution is -0.118. The largest absolute Gasteiger partial charge is 0.368 e. The van der Waals surface area contributed by atoms with E-state index >= 15 is 0 Å². The first-order valence-corrected chi connectivity index (χ1v) is 4.94. The number of rotatable bonds is 4. The van der Waals surface area contributed by atoms with Gasteiger partial charge in [0.25, 0.3) is 0 Å². The molecular formula is C9H13ClN4O. The lowest BCUT2D eigenvalue weighted by atomic mass is 10.3. The number of hydrogen-bond donors (Lipinski definition) is 2. The number of carbonyl (C=O) groups excluding carboxylic acids is 1. The van der Waals surface area contributed by atoms with Gasteiger partial charge in [-0.1, -0.05) is 11.6 Å². The van der Waals surface area contributed by atoms with Crippen molar-refractivity contribution in [3.05, 3.63) is 17.0 Å². The van der Waals surface area contributed by atoms with Gasteiger partial charge in [0.1, 0.15) is 17.3 Å². The number of amides is 1. The minimum absolute atomic E-state index is 0.0470. The fraction of sp³-hybridized carbons (Fsp3) is 0.444. The highest BCUT2D eigenvalue weighted by Crippen LogP contribution is 2.17. The Morgan fingerprint density at radius 3 is 2.87 bits per heavy atom. The Labute approximate surface area is 93.3 Å². The smallest absolute Gasteiger partial charge is 0.216 e. The van der Waals surface area contributed by atoms with E-state index in [9.17, 15) is 4.79 Å². The summed E-state index contributed by atoms with van der Waals surface area (Å²) < 4.78 is 0. The fourth-order valence-corrected chi connectivity index (χ4v) is 1.16. The Bertz CT molecular complexity index is 356. The minimum Gasteiger partial charge on any atom is -0.368 e. The molecule has 1 heterocycles. The fourth-order valence-electron chi connectivity index (χ4n) is 1.03. The maximum Gasteiger partial charge on any atom is 0.216 e. The third-order valence-electron chi connectivity index (χ3n) is 1.81. The molecule has 0 unspecified atom stereocenters. The van der Waals surface area contributed by atoms with Crippen LogP contribution >= 0.6 is 11.6 Å². The van der Waals surface area contributed by atoms with Gasteiger partial charge in [-0.2, -0.15) is 0 Å². The first-order chi connectivity index (χ1) is 7.11. The second-order valence-electron chi connectivity index (χ2n) is 3.05. The lowest BCUT2D eigenvalue weighted by Gasteiger charge is -2.08. The predicted octanol–water partition coefficient (Wildman–Crippen LogP) is 0.986. The third kappa shape index (κ3) is 3.71. The van der Waals surface area contributed by atoms with Crippen molar-refractivity contribution in [1.29, 1.82) is 0 Å². The molecule has 0 aromatic carbocycles. The number of halogens is 1. The molecule has 15 heavy (non-hydrogen) atoms. The molecule has 1 amide bonds. The quantitative estimate of drug-likeness (QED) is 0.596. The molecule has 0 bridgehead atoms. The van der Waals surface area contributed by atoms with E-state index in [1.807, 2.05) is 6.92 Å². The second kappa shape index (κ2) is 5.50. The van der Waals surface area contributed by atoms with Crippen LogP contribution in [0.25, 0.3) is 0 Å². The van der Waals surface area contributed by atoms with Gasteiger partial charge in [0.15, 0.2) is 0 Å². The summed E-state index contributed by atoms with van der Waals surface area (Å²) >= 11 is 5.82. The first-order valence-electron chi connectivity index (χ1n) is 4.56. The van der Waals surface area contributed by atoms with Crippen LogP contribution < -0.4 is 10.6 Å². The number of nitrogens with zero attached hydrogens (tertiary/aromatic N) is 2. The number of anilines is 1. The van der Waals surface area contributed by atoms with E-state index in [0.717, 1.165) is 5.56 Å². The van der Waals surface area contributed by atoms with Crippen molar-refractivity contribution in [3.8, 4) is 0 Å². The summed E-state index contributed by atoms with van der Waals surface area (Å²) in [6, 6.07) is 0. The molecule has 0 fully saturated rings. The number of aromatic nitrogens is 2. The van der Waals surface area contributed by atoms with Gasteiger partial charge in [0, 0.05) is 25.6 Å². The average molecular weight is 229 g/mol. The van der Waals surface area contributed by atoms with E-state index < -0.39 is 0 Å². The van der Waals surface area contributed by atoms with Gasteiger partial charge in [-0.3, -0.25) is 4.79 Å². The summed E-state index contributed by atoms with van der Waals surface area (Å²) in [5.74, 6) is 0.648. The molecule has 6 heteroatoms. The molecule has 1 rings (SSSR count). The van der Waals surface area contributed by atoms with Crippen molar-refractivity contribution in [2.24, 2.45) is 0 Å². The lowest BCUT2D eigenvalue weighted by Crippen LogP contribution is -2.26. The van der Waals surface area contributed by atoms with Gasteiger partial charge in [0.2, 0.25) is 5.91 Å². The van der Waals surface area contributed by atoms with Gasteiger partial charge < -0.3 is 10.6 Å². The van der Waals surface area contributed by atoms with Crippen LogP contribution in [0.2, 0.25) is 5.15 Å². The van der Waals surface area contributed by atoms with Gasteiger partial charge in [-0.05, 0) is 6.92 Å². The topological polar surface area (TPSA) is 66.9 Å². The summed E-state index contributed by atoms with van der Waals surface area (Å²) in [6.45, 7) is 4.47. The summed E-state index contributed by atoms with van der Waals surface area (Å²) in [7, 11) is 0. The van der Waals surface area contributed by atoms with E-state index in [0.29, 0.717) is 24.1 Å². The highest BCUT2D eigenvalue weighted by molar-refractivity contribution is 6.30. The van der Waals surface area contributed by atoms with Crippen molar-refractivity contribution in [3.63, 3.8) is 0 Å². The summed E-state index contributed by atoms with van der Waals surface area (Å²) in [4.78, 5) is 18.5. The zero-order valence-corrected chi connectivity index (χ0v) is 9.43. The molecule has 2 N–H and O–H groups in total. The molecule has 0 saturated carbocycles. The second-order valence-corrected chi connectivity index (χ2v) is 3.41. The maximum absolute atomic E-state index is 10.6. The molecule has 0 aliphatic carbocycles. The van der Waals surface area contributed by atoms with Crippen LogP contribution in [-0.2, 0) is 4.79 Å². The average Bonchev–Trinajstić information content (AvgIpc) is 2.18. The highest BCUT2D eigenvalue weighted by atomic mass is 35.5. The molecule has 1 aromatic heterocycles. The molecule has 0 radical (unpaired) electrons. The van der Waals surface area contributed by atoms with E-state index in [1.54, 1.807) is 0 Å². The van der Waals surface area contributed by atoms with Crippen molar-refractivity contribution in [1.82, 2.24) is 15.3 Å². The third-order valence-corrected chi connectivity index (χ3v) is 2.20. The van der Waals surface area contributed by atoms with Crippen molar-refractivity contribution < 1.29 is 4.79 Å². The van der Waals surface area contributed by atoms with Crippen LogP contribution in [0, 0.1) is 6.92 Å². The number of hydrogen-bond acceptors (Lipinski definition) is 4. The molecule has 0 atom stereocenters. The van der Waals surface area contributed by atoms with Gasteiger partial charge >= 0.3 is 0 Å². The summed E-state index contributed by atoms with van der Waals surface area (Å²) in [6.07, 6.45) is 1.40. The van der Waals surface area contributed by atoms with E-state index in [-0.39, 0.29) is 5.91 Å². The van der Waals surface area contributed by atoms with Crippen molar-refractivity contribution in [2.45, 2.75) is 13.8 Å². The normalized spacial score (nSPS) is 9.80. The minimum atomic E-state index is -0.0470. The van der Waals surface area contributed by atoms with Crippen LogP contribution in [0.1, 0.15) is 12.5 Å². The Kier molecular flexibility index (Phi) is 4.30. The molecule has 0 aliphatic heterocycles. The molecule has 82 valence electrons. The molecule has 0 saturated heterocycles. The van der Waals surface area contributed by atoms with Gasteiger partial charge in [-0.15, -0.1) is 0 Å². The maximum atomic E-state index is 10.6. The van der Waals surface area contributed by atoms with Gasteiger partial charge in [-0.25, -0.2) is 9.97 Å². The zero-order valence-electron chi connectivity index (χ0n) is 8.67. The summed E-state index contributed by atoms with van der Waals surface area (Å²) in [5.41, 5.74) is 0.807. The van der Waals surface area contributed by atoms with E-state index in [4.69, 9.17) is 11.6 Å². The SMILES string of the molecule is CC(=O)NCCNc1ncnc(Cl)c1C. The Morgan fingerprint density at radius 1 is 1.47 bits per heavy atom. The number of nitrogens with one attached hydrogen (secondary N) is 2. The molecular weight excluding hydrogens is 216 g/mol. The van der Waals surface area contributed by atoms with Crippen LogP contribution in [0.4, 0.5) is 5.82 Å². The Hall–Kier alpha value is -1.36.